The molecule has 0 aromatic heterocycles. The molecule has 11 heavy (non-hydrogen) atoms. The number of rotatable bonds is 2. The molecular formula is C7H11NO3. The van der Waals surface area contributed by atoms with Gasteiger partial charge in [-0.05, 0) is 6.42 Å². The first-order valence-corrected chi connectivity index (χ1v) is 3.87. The second-order valence-corrected chi connectivity index (χ2v) is 2.98. The predicted octanol–water partition coefficient (Wildman–Crippen LogP) is -0.674. The fraction of sp³-hybridized carbons (Fsp3) is 0.857. The molecule has 2 rings (SSSR count). The van der Waals surface area contributed by atoms with Crippen LogP contribution in [0, 0.1) is 0 Å². The number of β-lactam (4-membered cyclic amide) rings is 1. The lowest BCUT2D eigenvalue weighted by atomic mass is 10.2. The summed E-state index contributed by atoms with van der Waals surface area (Å²) in [6, 6.07) is 0. The Morgan fingerprint density at radius 3 is 3.09 bits per heavy atom. The number of aliphatic hydroxyl groups excluding tert-OH is 1. The van der Waals surface area contributed by atoms with Crippen molar-refractivity contribution >= 4 is 5.91 Å². The minimum Gasteiger partial charge on any atom is -0.396 e. The number of carbonyl (C=O) groups is 1. The van der Waals surface area contributed by atoms with Crippen molar-refractivity contribution in [2.45, 2.75) is 25.2 Å². The molecule has 2 heterocycles. The van der Waals surface area contributed by atoms with Gasteiger partial charge in [0.2, 0.25) is 5.91 Å². The molecule has 0 radical (unpaired) electrons. The molecule has 0 saturated carbocycles. The van der Waals surface area contributed by atoms with Crippen LogP contribution in [0.15, 0.2) is 0 Å². The van der Waals surface area contributed by atoms with E-state index in [1.165, 1.54) is 0 Å². The number of hydrogen-bond donors (Lipinski definition) is 1. The zero-order valence-corrected chi connectivity index (χ0v) is 6.19. The fourth-order valence-corrected chi connectivity index (χ4v) is 1.55. The van der Waals surface area contributed by atoms with Gasteiger partial charge in [-0.2, -0.15) is 0 Å². The van der Waals surface area contributed by atoms with Crippen LogP contribution in [0.5, 0.6) is 0 Å². The van der Waals surface area contributed by atoms with Crippen LogP contribution in [-0.2, 0) is 9.53 Å². The van der Waals surface area contributed by atoms with Crippen LogP contribution in [0.1, 0.15) is 12.8 Å². The van der Waals surface area contributed by atoms with Crippen molar-refractivity contribution in [3.63, 3.8) is 0 Å². The Kier molecular flexibility index (Phi) is 1.58. The van der Waals surface area contributed by atoms with Gasteiger partial charge in [0.1, 0.15) is 6.23 Å². The summed E-state index contributed by atoms with van der Waals surface area (Å²) >= 11 is 0. The van der Waals surface area contributed by atoms with Gasteiger partial charge in [-0.3, -0.25) is 4.79 Å². The monoisotopic (exact) mass is 157 g/mol. The summed E-state index contributed by atoms with van der Waals surface area (Å²) in [6.45, 7) is 0.809. The minimum absolute atomic E-state index is 0.0269. The number of hydrogen-bond acceptors (Lipinski definition) is 3. The first-order chi connectivity index (χ1) is 5.31. The van der Waals surface area contributed by atoms with Crippen molar-refractivity contribution in [1.82, 2.24) is 4.90 Å². The van der Waals surface area contributed by atoms with E-state index < -0.39 is 0 Å². The number of amides is 1. The molecular weight excluding hydrogens is 146 g/mol. The maximum Gasteiger partial charge on any atom is 0.229 e. The summed E-state index contributed by atoms with van der Waals surface area (Å²) in [5.74, 6) is 0.176. The summed E-state index contributed by atoms with van der Waals surface area (Å²) in [7, 11) is 0. The minimum atomic E-state index is 0.0269. The topological polar surface area (TPSA) is 49.8 Å². The van der Waals surface area contributed by atoms with Crippen LogP contribution in [0.4, 0.5) is 0 Å². The number of ether oxygens (including phenoxy) is 1. The Morgan fingerprint density at radius 1 is 1.73 bits per heavy atom. The quantitative estimate of drug-likeness (QED) is 0.541. The molecule has 0 aliphatic carbocycles. The van der Waals surface area contributed by atoms with Gasteiger partial charge in [0.25, 0.3) is 0 Å². The van der Waals surface area contributed by atoms with Gasteiger partial charge in [0.05, 0.1) is 12.5 Å². The third-order valence-corrected chi connectivity index (χ3v) is 2.22. The molecule has 2 atom stereocenters. The largest absolute Gasteiger partial charge is 0.396 e. The van der Waals surface area contributed by atoms with Crippen molar-refractivity contribution in [3.8, 4) is 0 Å². The Labute approximate surface area is 64.7 Å². The summed E-state index contributed by atoms with van der Waals surface area (Å²) in [5.41, 5.74) is 0. The third-order valence-electron chi connectivity index (χ3n) is 2.22. The Bertz CT molecular complexity index is 183. The molecule has 2 aliphatic rings. The molecule has 0 spiro atoms. The van der Waals surface area contributed by atoms with Gasteiger partial charge in [-0.25, -0.2) is 0 Å². The predicted molar refractivity (Wildman–Crippen MR) is 36.7 cm³/mol. The van der Waals surface area contributed by atoms with Crippen LogP contribution < -0.4 is 0 Å². The van der Waals surface area contributed by atoms with Gasteiger partial charge >= 0.3 is 0 Å². The maximum atomic E-state index is 10.8. The van der Waals surface area contributed by atoms with Gasteiger partial charge < -0.3 is 14.7 Å². The van der Waals surface area contributed by atoms with Crippen molar-refractivity contribution < 1.29 is 14.6 Å². The number of fused-ring (bicyclic) bond motifs is 1. The summed E-state index contributed by atoms with van der Waals surface area (Å²) in [4.78, 5) is 12.6. The van der Waals surface area contributed by atoms with Crippen LogP contribution in [-0.4, -0.2) is 41.4 Å². The molecule has 0 bridgehead atoms. The van der Waals surface area contributed by atoms with E-state index in [0.717, 1.165) is 0 Å². The molecule has 1 N–H and O–H groups in total. The normalized spacial score (nSPS) is 35.4. The lowest BCUT2D eigenvalue weighted by molar-refractivity contribution is -0.156. The van der Waals surface area contributed by atoms with E-state index in [1.54, 1.807) is 4.90 Å². The first-order valence-electron chi connectivity index (χ1n) is 3.87. The van der Waals surface area contributed by atoms with Crippen LogP contribution in [0.2, 0.25) is 0 Å². The lowest BCUT2D eigenvalue weighted by Gasteiger charge is -2.31. The summed E-state index contributed by atoms with van der Waals surface area (Å²) < 4.78 is 5.42. The van der Waals surface area contributed by atoms with E-state index in [0.29, 0.717) is 19.4 Å². The smallest absolute Gasteiger partial charge is 0.229 e. The highest BCUT2D eigenvalue weighted by atomic mass is 16.5. The number of carbonyl (C=O) groups excluding carboxylic acids is 1. The summed E-state index contributed by atoms with van der Waals surface area (Å²) in [6.07, 6.45) is 1.26. The van der Waals surface area contributed by atoms with Crippen LogP contribution in [0.25, 0.3) is 0 Å². The zero-order valence-electron chi connectivity index (χ0n) is 6.19. The number of nitrogens with zero attached hydrogens (tertiary/aromatic N) is 1. The third kappa shape index (κ3) is 1.02. The van der Waals surface area contributed by atoms with Gasteiger partial charge in [0.15, 0.2) is 0 Å². The molecule has 0 aromatic carbocycles. The second kappa shape index (κ2) is 2.46. The average molecular weight is 157 g/mol. The van der Waals surface area contributed by atoms with Crippen LogP contribution >= 0.6 is 0 Å². The molecule has 4 nitrogen and oxygen atoms in total. The van der Waals surface area contributed by atoms with Crippen molar-refractivity contribution in [3.05, 3.63) is 0 Å². The molecule has 2 saturated heterocycles. The second-order valence-electron chi connectivity index (χ2n) is 2.98. The number of aliphatic hydroxyl groups is 1. The van der Waals surface area contributed by atoms with Gasteiger partial charge in [-0.15, -0.1) is 0 Å². The molecule has 0 unspecified atom stereocenters. The van der Waals surface area contributed by atoms with E-state index in [9.17, 15) is 4.79 Å². The standard InChI is InChI=1S/C7H11NO3/c9-2-1-5-4-8-6(10)3-7(8)11-5/h5,7,9H,1-4H2/t5-,7+/m0/s1. The molecule has 1 amide bonds. The molecule has 0 aromatic rings. The van der Waals surface area contributed by atoms with Crippen molar-refractivity contribution in [2.24, 2.45) is 0 Å². The van der Waals surface area contributed by atoms with E-state index >= 15 is 0 Å². The lowest BCUT2D eigenvalue weighted by Crippen LogP contribution is -2.48. The molecule has 62 valence electrons. The SMILES string of the molecule is O=C1C[C@H]2O[C@@H](CCO)CN12. The van der Waals surface area contributed by atoms with Crippen LogP contribution in [0.3, 0.4) is 0 Å². The van der Waals surface area contributed by atoms with Gasteiger partial charge in [0, 0.05) is 13.2 Å². The maximum absolute atomic E-state index is 10.8. The summed E-state index contributed by atoms with van der Waals surface area (Å²) in [5, 5.41) is 8.60. The van der Waals surface area contributed by atoms with E-state index in [4.69, 9.17) is 9.84 Å². The van der Waals surface area contributed by atoms with Gasteiger partial charge in [-0.1, -0.05) is 0 Å². The average Bonchev–Trinajstić information content (AvgIpc) is 2.29. The van der Waals surface area contributed by atoms with Crippen molar-refractivity contribution in [1.29, 1.82) is 0 Å². The first kappa shape index (κ1) is 7.06. The Morgan fingerprint density at radius 2 is 2.55 bits per heavy atom. The highest BCUT2D eigenvalue weighted by Crippen LogP contribution is 2.29. The van der Waals surface area contributed by atoms with E-state index in [-0.39, 0.29) is 24.8 Å². The highest BCUT2D eigenvalue weighted by Gasteiger charge is 2.44. The fourth-order valence-electron chi connectivity index (χ4n) is 1.55. The zero-order chi connectivity index (χ0) is 7.84. The Balaban J connectivity index is 1.88. The Hall–Kier alpha value is -0.610. The van der Waals surface area contributed by atoms with E-state index in [1.807, 2.05) is 0 Å². The van der Waals surface area contributed by atoms with Crippen molar-refractivity contribution in [2.75, 3.05) is 13.2 Å². The van der Waals surface area contributed by atoms with E-state index in [2.05, 4.69) is 0 Å². The molecule has 2 fully saturated rings. The molecule has 2 aliphatic heterocycles. The molecule has 4 heteroatoms. The highest BCUT2D eigenvalue weighted by molar-refractivity contribution is 5.82.